The second kappa shape index (κ2) is 6.62. The highest BCUT2D eigenvalue weighted by atomic mass is 32.1. The predicted octanol–water partition coefficient (Wildman–Crippen LogP) is 4.08. The lowest BCUT2D eigenvalue weighted by Crippen LogP contribution is -2.11. The first kappa shape index (κ1) is 17.4. The van der Waals surface area contributed by atoms with Gasteiger partial charge in [-0.1, -0.05) is 6.07 Å². The van der Waals surface area contributed by atoms with Crippen molar-refractivity contribution in [3.05, 3.63) is 39.0 Å². The van der Waals surface area contributed by atoms with Crippen molar-refractivity contribution >= 4 is 66.8 Å². The molecule has 27 heavy (non-hydrogen) atoms. The van der Waals surface area contributed by atoms with Crippen LogP contribution in [0.1, 0.15) is 20.9 Å². The number of hydrogen-bond acceptors (Lipinski definition) is 9. The number of thiazole rings is 1. The number of anilines is 3. The minimum atomic E-state index is -0.362. The Balaban J connectivity index is 1.90. The van der Waals surface area contributed by atoms with Gasteiger partial charge in [0.05, 0.1) is 11.4 Å². The van der Waals surface area contributed by atoms with Gasteiger partial charge in [-0.3, -0.25) is 10.1 Å². The van der Waals surface area contributed by atoms with Crippen molar-refractivity contribution < 1.29 is 4.79 Å². The van der Waals surface area contributed by atoms with Crippen molar-refractivity contribution in [3.63, 3.8) is 0 Å². The largest absolute Gasteiger partial charge is 0.397 e. The van der Waals surface area contributed by atoms with Crippen LogP contribution in [0.3, 0.4) is 0 Å². The fourth-order valence-electron chi connectivity index (χ4n) is 2.68. The maximum Gasteiger partial charge on any atom is 0.269 e. The maximum absolute atomic E-state index is 12.7. The van der Waals surface area contributed by atoms with Crippen LogP contribution in [0.4, 0.5) is 16.6 Å². The molecule has 1 amide bonds. The lowest BCUT2D eigenvalue weighted by atomic mass is 10.0. The summed E-state index contributed by atoms with van der Waals surface area (Å²) in [6.45, 7) is 1.85. The molecular formula is C17H12N6OS3. The molecule has 7 nitrogen and oxygen atoms in total. The number of nitrogens with one attached hydrogen (secondary N) is 1. The highest BCUT2D eigenvalue weighted by molar-refractivity contribution is 7.21. The Labute approximate surface area is 165 Å². The smallest absolute Gasteiger partial charge is 0.269 e. The molecule has 0 aliphatic rings. The van der Waals surface area contributed by atoms with Gasteiger partial charge in [-0.15, -0.1) is 34.0 Å². The molecule has 0 unspecified atom stereocenters. The summed E-state index contributed by atoms with van der Waals surface area (Å²) in [5, 5.41) is 17.2. The van der Waals surface area contributed by atoms with Crippen LogP contribution in [-0.4, -0.2) is 15.9 Å². The van der Waals surface area contributed by atoms with Crippen molar-refractivity contribution in [2.75, 3.05) is 16.8 Å². The number of pyridine rings is 1. The predicted molar refractivity (Wildman–Crippen MR) is 111 cm³/mol. The molecule has 5 N–H and O–H groups in total. The van der Waals surface area contributed by atoms with Crippen LogP contribution in [-0.2, 0) is 0 Å². The standard InChI is InChI=1S/C17H12N6OS3/c1-7-6-26-17(21-7)23-15(24)13-12(19)11-10(9-3-2-4-25-9)8(5-18)14(20)22-16(11)27-13/h2-4,6H,19H2,1H3,(H2,20,22)(H,21,23,24). The van der Waals surface area contributed by atoms with E-state index in [1.165, 1.54) is 22.7 Å². The summed E-state index contributed by atoms with van der Waals surface area (Å²) in [5.41, 5.74) is 14.3. The third kappa shape index (κ3) is 2.91. The third-order valence-corrected chi connectivity index (χ3v) is 6.69. The number of hydrogen-bond donors (Lipinski definition) is 3. The normalized spacial score (nSPS) is 10.8. The maximum atomic E-state index is 12.7. The minimum absolute atomic E-state index is 0.122. The topological polar surface area (TPSA) is 131 Å². The monoisotopic (exact) mass is 412 g/mol. The van der Waals surface area contributed by atoms with Gasteiger partial charge in [0.1, 0.15) is 27.2 Å². The SMILES string of the molecule is Cc1csc(NC(=O)c2sc3nc(N)c(C#N)c(-c4cccs4)c3c2N)n1. The number of carbonyl (C=O) groups excluding carboxylic acids is 1. The first-order valence-electron chi connectivity index (χ1n) is 7.68. The van der Waals surface area contributed by atoms with Gasteiger partial charge >= 0.3 is 0 Å². The fraction of sp³-hybridized carbons (Fsp3) is 0.0588. The lowest BCUT2D eigenvalue weighted by Gasteiger charge is -2.07. The number of nitrogens with two attached hydrogens (primary N) is 2. The van der Waals surface area contributed by atoms with Crippen LogP contribution in [0.25, 0.3) is 20.7 Å². The van der Waals surface area contributed by atoms with Gasteiger partial charge < -0.3 is 11.5 Å². The molecule has 0 aliphatic heterocycles. The van der Waals surface area contributed by atoms with E-state index in [-0.39, 0.29) is 23.0 Å². The van der Waals surface area contributed by atoms with Crippen LogP contribution in [0.15, 0.2) is 22.9 Å². The van der Waals surface area contributed by atoms with Crippen LogP contribution >= 0.6 is 34.0 Å². The second-order valence-electron chi connectivity index (χ2n) is 5.61. The Hall–Kier alpha value is -3.00. The van der Waals surface area contributed by atoms with E-state index in [0.717, 1.165) is 21.9 Å². The second-order valence-corrected chi connectivity index (χ2v) is 8.41. The summed E-state index contributed by atoms with van der Waals surface area (Å²) in [6.07, 6.45) is 0. The fourth-order valence-corrected chi connectivity index (χ4v) is 5.16. The molecule has 134 valence electrons. The minimum Gasteiger partial charge on any atom is -0.397 e. The lowest BCUT2D eigenvalue weighted by molar-refractivity contribution is 0.103. The van der Waals surface area contributed by atoms with Crippen molar-refractivity contribution in [2.45, 2.75) is 6.92 Å². The van der Waals surface area contributed by atoms with Crippen molar-refractivity contribution in [1.82, 2.24) is 9.97 Å². The average molecular weight is 413 g/mol. The summed E-state index contributed by atoms with van der Waals surface area (Å²) in [7, 11) is 0. The van der Waals surface area contributed by atoms with Crippen molar-refractivity contribution in [3.8, 4) is 16.5 Å². The van der Waals surface area contributed by atoms with Crippen LogP contribution in [0, 0.1) is 18.3 Å². The number of carbonyl (C=O) groups is 1. The zero-order chi connectivity index (χ0) is 19.1. The number of nitrogens with zero attached hydrogens (tertiary/aromatic N) is 3. The third-order valence-electron chi connectivity index (χ3n) is 3.83. The molecule has 0 aromatic carbocycles. The Morgan fingerprint density at radius 1 is 1.30 bits per heavy atom. The number of nitriles is 1. The van der Waals surface area contributed by atoms with Crippen LogP contribution in [0.5, 0.6) is 0 Å². The molecule has 0 spiro atoms. The zero-order valence-electron chi connectivity index (χ0n) is 13.9. The molecule has 0 radical (unpaired) electrons. The molecule has 0 bridgehead atoms. The number of thiophene rings is 2. The van der Waals surface area contributed by atoms with Gasteiger partial charge in [-0.05, 0) is 18.4 Å². The highest BCUT2D eigenvalue weighted by Crippen LogP contribution is 2.43. The number of nitrogen functional groups attached to an aromatic ring is 2. The van der Waals surface area contributed by atoms with Gasteiger partial charge in [0, 0.05) is 21.2 Å². The Bertz CT molecular complexity index is 1220. The van der Waals surface area contributed by atoms with Crippen LogP contribution in [0.2, 0.25) is 0 Å². The average Bonchev–Trinajstić information content (AvgIpc) is 3.35. The van der Waals surface area contributed by atoms with Crippen LogP contribution < -0.4 is 16.8 Å². The van der Waals surface area contributed by atoms with E-state index >= 15 is 0 Å². The van der Waals surface area contributed by atoms with E-state index in [0.29, 0.717) is 25.8 Å². The molecule has 4 aromatic rings. The molecule has 4 rings (SSSR count). The molecule has 0 saturated heterocycles. The van der Waals surface area contributed by atoms with E-state index in [2.05, 4.69) is 21.4 Å². The van der Waals surface area contributed by atoms with Crippen molar-refractivity contribution in [1.29, 1.82) is 5.26 Å². The molecule has 4 aromatic heterocycles. The Kier molecular flexibility index (Phi) is 4.27. The Morgan fingerprint density at radius 2 is 2.11 bits per heavy atom. The summed E-state index contributed by atoms with van der Waals surface area (Å²) < 4.78 is 0. The van der Waals surface area contributed by atoms with Gasteiger partial charge in [0.25, 0.3) is 5.91 Å². The molecule has 0 fully saturated rings. The van der Waals surface area contributed by atoms with Crippen molar-refractivity contribution in [2.24, 2.45) is 0 Å². The van der Waals surface area contributed by atoms with E-state index in [9.17, 15) is 10.1 Å². The Morgan fingerprint density at radius 3 is 2.74 bits per heavy atom. The molecule has 0 saturated carbocycles. The van der Waals surface area contributed by atoms with Gasteiger partial charge in [0.15, 0.2) is 5.13 Å². The van der Waals surface area contributed by atoms with Gasteiger partial charge in [-0.2, -0.15) is 5.26 Å². The molecule has 10 heteroatoms. The number of rotatable bonds is 3. The molecule has 0 atom stereocenters. The van der Waals surface area contributed by atoms with Gasteiger partial charge in [-0.25, -0.2) is 9.97 Å². The zero-order valence-corrected chi connectivity index (χ0v) is 16.4. The number of aryl methyl sites for hydroxylation is 1. The highest BCUT2D eigenvalue weighted by Gasteiger charge is 2.25. The van der Waals surface area contributed by atoms with Gasteiger partial charge in [0.2, 0.25) is 0 Å². The quantitative estimate of drug-likeness (QED) is 0.465. The number of amides is 1. The first-order chi connectivity index (χ1) is 13.0. The summed E-state index contributed by atoms with van der Waals surface area (Å²) in [5.74, 6) is -0.240. The number of aromatic nitrogens is 2. The van der Waals surface area contributed by atoms with E-state index in [1.54, 1.807) is 0 Å². The van der Waals surface area contributed by atoms with E-state index in [4.69, 9.17) is 11.5 Å². The number of fused-ring (bicyclic) bond motifs is 1. The molecule has 4 heterocycles. The van der Waals surface area contributed by atoms with E-state index in [1.807, 2.05) is 29.8 Å². The summed E-state index contributed by atoms with van der Waals surface area (Å²) >= 11 is 3.95. The first-order valence-corrected chi connectivity index (χ1v) is 10.3. The molecule has 0 aliphatic carbocycles. The van der Waals surface area contributed by atoms with E-state index < -0.39 is 0 Å². The molecular weight excluding hydrogens is 400 g/mol. The summed E-state index contributed by atoms with van der Waals surface area (Å²) in [6, 6.07) is 5.88. The summed E-state index contributed by atoms with van der Waals surface area (Å²) in [4.78, 5) is 22.9.